The summed E-state index contributed by atoms with van der Waals surface area (Å²) < 4.78 is 5.24. The number of carbonyl (C=O) groups excluding carboxylic acids is 1. The zero-order valence-electron chi connectivity index (χ0n) is 11.1. The maximum Gasteiger partial charge on any atom is 0.339 e. The van der Waals surface area contributed by atoms with Crippen LogP contribution in [0.3, 0.4) is 0 Å². The Morgan fingerprint density at radius 1 is 1.14 bits per heavy atom. The van der Waals surface area contributed by atoms with Crippen LogP contribution in [0.2, 0.25) is 0 Å². The average molecular weight is 286 g/mol. The summed E-state index contributed by atoms with van der Waals surface area (Å²) in [5.41, 5.74) is 6.40. The highest BCUT2D eigenvalue weighted by Crippen LogP contribution is 2.21. The standard InChI is InChI=1S/C15H14N2O4/c16-10-6-7-13(12(8-10)15(19)20)21-9-14(18)17-11-4-2-1-3-5-11/h1-8H,9,16H2,(H,17,18)(H,19,20). The second kappa shape index (κ2) is 6.42. The quantitative estimate of drug-likeness (QED) is 0.729. The van der Waals surface area contributed by atoms with E-state index < -0.39 is 5.97 Å². The Labute approximate surface area is 121 Å². The number of hydrogen-bond acceptors (Lipinski definition) is 4. The van der Waals surface area contributed by atoms with Crippen molar-refractivity contribution < 1.29 is 19.4 Å². The van der Waals surface area contributed by atoms with E-state index >= 15 is 0 Å². The minimum absolute atomic E-state index is 0.0810. The van der Waals surface area contributed by atoms with Crippen LogP contribution in [0.25, 0.3) is 0 Å². The molecular weight excluding hydrogens is 272 g/mol. The first kappa shape index (κ1) is 14.4. The third-order valence-corrected chi connectivity index (χ3v) is 2.65. The number of nitrogens with one attached hydrogen (secondary N) is 1. The number of para-hydroxylation sites is 1. The SMILES string of the molecule is Nc1ccc(OCC(=O)Nc2ccccc2)c(C(=O)O)c1. The lowest BCUT2D eigenvalue weighted by atomic mass is 10.2. The summed E-state index contributed by atoms with van der Waals surface area (Å²) >= 11 is 0. The van der Waals surface area contributed by atoms with E-state index in [1.54, 1.807) is 24.3 Å². The summed E-state index contributed by atoms with van der Waals surface area (Å²) in [7, 11) is 0. The summed E-state index contributed by atoms with van der Waals surface area (Å²) in [6.07, 6.45) is 0. The number of amides is 1. The smallest absolute Gasteiger partial charge is 0.339 e. The van der Waals surface area contributed by atoms with E-state index in [2.05, 4.69) is 5.32 Å². The number of ether oxygens (including phenoxy) is 1. The van der Waals surface area contributed by atoms with Gasteiger partial charge in [0, 0.05) is 11.4 Å². The number of rotatable bonds is 5. The van der Waals surface area contributed by atoms with Crippen molar-refractivity contribution in [3.8, 4) is 5.75 Å². The van der Waals surface area contributed by atoms with Gasteiger partial charge in [-0.25, -0.2) is 4.79 Å². The molecule has 108 valence electrons. The van der Waals surface area contributed by atoms with Crippen LogP contribution in [0, 0.1) is 0 Å². The molecule has 0 saturated heterocycles. The summed E-state index contributed by atoms with van der Waals surface area (Å²) in [4.78, 5) is 22.8. The number of carbonyl (C=O) groups is 2. The summed E-state index contributed by atoms with van der Waals surface area (Å²) in [6.45, 7) is -0.293. The Bertz CT molecular complexity index is 656. The van der Waals surface area contributed by atoms with E-state index in [1.807, 2.05) is 6.07 Å². The highest BCUT2D eigenvalue weighted by Gasteiger charge is 2.13. The highest BCUT2D eigenvalue weighted by atomic mass is 16.5. The van der Waals surface area contributed by atoms with Crippen LogP contribution in [-0.4, -0.2) is 23.6 Å². The minimum Gasteiger partial charge on any atom is -0.483 e. The van der Waals surface area contributed by atoms with Crippen LogP contribution >= 0.6 is 0 Å². The van der Waals surface area contributed by atoms with E-state index in [-0.39, 0.29) is 23.8 Å². The Balaban J connectivity index is 2.00. The van der Waals surface area contributed by atoms with E-state index in [1.165, 1.54) is 18.2 Å². The molecule has 6 nitrogen and oxygen atoms in total. The van der Waals surface area contributed by atoms with Gasteiger partial charge in [0.05, 0.1) is 0 Å². The topological polar surface area (TPSA) is 102 Å². The Morgan fingerprint density at radius 3 is 2.52 bits per heavy atom. The second-order valence-electron chi connectivity index (χ2n) is 4.26. The first-order valence-corrected chi connectivity index (χ1v) is 6.17. The maximum absolute atomic E-state index is 11.7. The van der Waals surface area contributed by atoms with Gasteiger partial charge in [0.15, 0.2) is 6.61 Å². The summed E-state index contributed by atoms with van der Waals surface area (Å²) in [5, 5.41) is 11.7. The van der Waals surface area contributed by atoms with Gasteiger partial charge in [0.2, 0.25) is 0 Å². The lowest BCUT2D eigenvalue weighted by Gasteiger charge is -2.10. The number of anilines is 2. The number of carboxylic acids is 1. The van der Waals surface area contributed by atoms with Gasteiger partial charge in [-0.3, -0.25) is 4.79 Å². The molecule has 4 N–H and O–H groups in total. The molecule has 0 unspecified atom stereocenters. The van der Waals surface area contributed by atoms with E-state index in [0.29, 0.717) is 11.4 Å². The van der Waals surface area contributed by atoms with Crippen LogP contribution in [0.15, 0.2) is 48.5 Å². The van der Waals surface area contributed by atoms with Crippen LogP contribution in [0.1, 0.15) is 10.4 Å². The Hall–Kier alpha value is -3.02. The average Bonchev–Trinajstić information content (AvgIpc) is 2.47. The molecule has 0 aliphatic carbocycles. The number of nitrogens with two attached hydrogens (primary N) is 1. The Kier molecular flexibility index (Phi) is 4.40. The van der Waals surface area contributed by atoms with Crippen molar-refractivity contribution in [2.24, 2.45) is 0 Å². The zero-order chi connectivity index (χ0) is 15.2. The molecule has 0 atom stereocenters. The maximum atomic E-state index is 11.7. The summed E-state index contributed by atoms with van der Waals surface area (Å²) in [5.74, 6) is -1.45. The van der Waals surface area contributed by atoms with Gasteiger partial charge in [0.1, 0.15) is 11.3 Å². The van der Waals surface area contributed by atoms with Crippen molar-refractivity contribution in [2.75, 3.05) is 17.7 Å². The van der Waals surface area contributed by atoms with E-state index in [0.717, 1.165) is 0 Å². The van der Waals surface area contributed by atoms with Crippen molar-refractivity contribution in [3.05, 3.63) is 54.1 Å². The van der Waals surface area contributed by atoms with Crippen LogP contribution in [0.4, 0.5) is 11.4 Å². The van der Waals surface area contributed by atoms with Gasteiger partial charge in [-0.2, -0.15) is 0 Å². The van der Waals surface area contributed by atoms with Crippen molar-refractivity contribution in [1.29, 1.82) is 0 Å². The molecule has 2 rings (SSSR count). The first-order valence-electron chi connectivity index (χ1n) is 6.17. The molecule has 1 amide bonds. The van der Waals surface area contributed by atoms with Gasteiger partial charge in [-0.1, -0.05) is 18.2 Å². The molecule has 21 heavy (non-hydrogen) atoms. The molecule has 2 aromatic carbocycles. The molecular formula is C15H14N2O4. The normalized spacial score (nSPS) is 9.90. The largest absolute Gasteiger partial charge is 0.483 e. The first-order chi connectivity index (χ1) is 10.1. The fourth-order valence-electron chi connectivity index (χ4n) is 1.70. The molecule has 6 heteroatoms. The number of benzene rings is 2. The van der Waals surface area contributed by atoms with Crippen molar-refractivity contribution in [1.82, 2.24) is 0 Å². The number of aromatic carboxylic acids is 1. The molecule has 0 aliphatic heterocycles. The van der Waals surface area contributed by atoms with Crippen molar-refractivity contribution in [3.63, 3.8) is 0 Å². The van der Waals surface area contributed by atoms with Crippen molar-refractivity contribution >= 4 is 23.3 Å². The van der Waals surface area contributed by atoms with Gasteiger partial charge >= 0.3 is 5.97 Å². The zero-order valence-corrected chi connectivity index (χ0v) is 11.1. The van der Waals surface area contributed by atoms with Gasteiger partial charge in [0.25, 0.3) is 5.91 Å². The van der Waals surface area contributed by atoms with Gasteiger partial charge < -0.3 is 20.9 Å². The van der Waals surface area contributed by atoms with Gasteiger partial charge in [-0.15, -0.1) is 0 Å². The van der Waals surface area contributed by atoms with E-state index in [4.69, 9.17) is 15.6 Å². The van der Waals surface area contributed by atoms with Gasteiger partial charge in [-0.05, 0) is 30.3 Å². The van der Waals surface area contributed by atoms with E-state index in [9.17, 15) is 9.59 Å². The molecule has 0 aliphatic rings. The fraction of sp³-hybridized carbons (Fsp3) is 0.0667. The predicted octanol–water partition coefficient (Wildman–Crippen LogP) is 1.98. The minimum atomic E-state index is -1.17. The Morgan fingerprint density at radius 2 is 1.86 bits per heavy atom. The lowest BCUT2D eigenvalue weighted by molar-refractivity contribution is -0.118. The lowest BCUT2D eigenvalue weighted by Crippen LogP contribution is -2.20. The predicted molar refractivity (Wildman–Crippen MR) is 78.4 cm³/mol. The molecule has 0 fully saturated rings. The van der Waals surface area contributed by atoms with Crippen molar-refractivity contribution in [2.45, 2.75) is 0 Å². The third kappa shape index (κ3) is 3.97. The summed E-state index contributed by atoms with van der Waals surface area (Å²) in [6, 6.07) is 13.1. The molecule has 0 radical (unpaired) electrons. The molecule has 0 heterocycles. The molecule has 0 aromatic heterocycles. The number of hydrogen-bond donors (Lipinski definition) is 3. The molecule has 0 spiro atoms. The third-order valence-electron chi connectivity index (χ3n) is 2.65. The molecule has 0 bridgehead atoms. The van der Waals surface area contributed by atoms with Crippen LogP contribution in [-0.2, 0) is 4.79 Å². The van der Waals surface area contributed by atoms with Crippen LogP contribution < -0.4 is 15.8 Å². The number of nitrogen functional groups attached to an aromatic ring is 1. The monoisotopic (exact) mass is 286 g/mol. The second-order valence-corrected chi connectivity index (χ2v) is 4.26. The number of carboxylic acid groups (broad SMARTS) is 1. The molecule has 0 saturated carbocycles. The van der Waals surface area contributed by atoms with Crippen LogP contribution in [0.5, 0.6) is 5.75 Å². The molecule has 2 aromatic rings. The highest BCUT2D eigenvalue weighted by molar-refractivity contribution is 5.93. The fourth-order valence-corrected chi connectivity index (χ4v) is 1.70.